The van der Waals surface area contributed by atoms with Gasteiger partial charge < -0.3 is 0 Å². The summed E-state index contributed by atoms with van der Waals surface area (Å²) >= 11 is 0. The first-order valence-corrected chi connectivity index (χ1v) is 7.29. The average molecular weight is 600 g/mol. The van der Waals surface area contributed by atoms with Crippen molar-refractivity contribution in [2.24, 2.45) is 0 Å². The molecular formula is C12F24. The molecule has 0 aliphatic carbocycles. The molecule has 0 aromatic heterocycles. The van der Waals surface area contributed by atoms with Crippen LogP contribution in [0.1, 0.15) is 0 Å². The third-order valence-electron chi connectivity index (χ3n) is 3.82. The van der Waals surface area contributed by atoms with Crippen molar-refractivity contribution >= 4 is 0 Å². The normalized spacial score (nSPS) is 17.3. The Morgan fingerprint density at radius 3 is 0.639 bits per heavy atom. The van der Waals surface area contributed by atoms with Crippen molar-refractivity contribution in [1.82, 2.24) is 0 Å². The zero-order chi connectivity index (χ0) is 30.2. The molecule has 0 N–H and O–H groups in total. The van der Waals surface area contributed by atoms with E-state index in [-0.39, 0.29) is 0 Å². The topological polar surface area (TPSA) is 0 Å². The van der Waals surface area contributed by atoms with Gasteiger partial charge in [-0.25, -0.2) is 8.78 Å². The van der Waals surface area contributed by atoms with E-state index in [1.807, 2.05) is 0 Å². The van der Waals surface area contributed by atoms with Crippen LogP contribution in [0.5, 0.6) is 0 Å². The van der Waals surface area contributed by atoms with Crippen molar-refractivity contribution in [2.45, 2.75) is 59.7 Å². The first-order chi connectivity index (χ1) is 15.1. The highest BCUT2D eigenvalue weighted by molar-refractivity contribution is 5.26. The van der Waals surface area contributed by atoms with Gasteiger partial charge in [-0.2, -0.15) is 96.6 Å². The fraction of sp³-hybridized carbons (Fsp3) is 0.833. The minimum absolute atomic E-state index is 5.89. The van der Waals surface area contributed by atoms with Crippen LogP contribution in [0.25, 0.3) is 0 Å². The molecule has 0 heterocycles. The molecule has 0 aromatic carbocycles. The van der Waals surface area contributed by atoms with E-state index in [1.165, 1.54) is 0 Å². The Bertz CT molecular complexity index is 847. The lowest BCUT2D eigenvalue weighted by atomic mass is 9.92. The Labute approximate surface area is 178 Å². The molecule has 36 heavy (non-hydrogen) atoms. The second-order valence-electron chi connectivity index (χ2n) is 6.22. The second kappa shape index (κ2) is 8.28. The van der Waals surface area contributed by atoms with Crippen molar-refractivity contribution in [1.29, 1.82) is 0 Å². The smallest absolute Gasteiger partial charge is 0.202 e. The predicted molar refractivity (Wildman–Crippen MR) is 60.9 cm³/mol. The highest BCUT2D eigenvalue weighted by Gasteiger charge is 2.92. The summed E-state index contributed by atoms with van der Waals surface area (Å²) in [7, 11) is 0. The Morgan fingerprint density at radius 1 is 0.250 bits per heavy atom. The van der Waals surface area contributed by atoms with Gasteiger partial charge in [-0.05, 0) is 0 Å². The van der Waals surface area contributed by atoms with Crippen LogP contribution in [-0.2, 0) is 0 Å². The standard InChI is InChI=1S/C12F24/c13-1(2(14)4(17,18)6(21,22)9(27,28)11(31,32)33)3(15,16)5(19,20)7(23,24)8(25,26)10(29,30)12(34,35)36. The Hall–Kier alpha value is -1.94. The molecule has 0 nitrogen and oxygen atoms in total. The molecular weight excluding hydrogens is 600 g/mol. The number of hydrogen-bond donors (Lipinski definition) is 0. The summed E-state index contributed by atoms with van der Waals surface area (Å²) in [5, 5.41) is 0. The average Bonchev–Trinajstić information content (AvgIpc) is 2.63. The molecule has 0 fully saturated rings. The predicted octanol–water partition coefficient (Wildman–Crippen LogP) is 8.34. The van der Waals surface area contributed by atoms with E-state index in [0.717, 1.165) is 0 Å². The summed E-state index contributed by atoms with van der Waals surface area (Å²) in [6.45, 7) is 0. The van der Waals surface area contributed by atoms with E-state index in [0.29, 0.717) is 0 Å². The van der Waals surface area contributed by atoms with Gasteiger partial charge in [0, 0.05) is 0 Å². The first-order valence-electron chi connectivity index (χ1n) is 7.29. The van der Waals surface area contributed by atoms with Gasteiger partial charge in [0.1, 0.15) is 0 Å². The maximum absolute atomic E-state index is 13.3. The van der Waals surface area contributed by atoms with E-state index >= 15 is 0 Å². The molecule has 0 radical (unpaired) electrons. The fourth-order valence-electron chi connectivity index (χ4n) is 1.70. The molecule has 0 rings (SSSR count). The summed E-state index contributed by atoms with van der Waals surface area (Å²) in [5.41, 5.74) is 0. The fourth-order valence-corrected chi connectivity index (χ4v) is 1.70. The Balaban J connectivity index is 7.12. The van der Waals surface area contributed by atoms with Gasteiger partial charge in [0.2, 0.25) is 11.7 Å². The summed E-state index contributed by atoms with van der Waals surface area (Å²) in [5.74, 6) is -80.8. The molecule has 0 spiro atoms. The minimum atomic E-state index is -8.98. The number of allylic oxidation sites excluding steroid dienone is 2. The van der Waals surface area contributed by atoms with Gasteiger partial charge in [-0.3, -0.25) is 0 Å². The lowest BCUT2D eigenvalue weighted by Crippen LogP contribution is -2.70. The summed E-state index contributed by atoms with van der Waals surface area (Å²) in [6.07, 6.45) is -15.9. The molecule has 0 atom stereocenters. The molecule has 0 aliphatic rings. The van der Waals surface area contributed by atoms with E-state index < -0.39 is 71.4 Å². The van der Waals surface area contributed by atoms with Gasteiger partial charge in [0.05, 0.1) is 0 Å². The molecule has 0 saturated heterocycles. The van der Waals surface area contributed by atoms with E-state index in [9.17, 15) is 105 Å². The highest BCUT2D eigenvalue weighted by atomic mass is 19.4. The van der Waals surface area contributed by atoms with Crippen LogP contribution in [0.3, 0.4) is 0 Å². The van der Waals surface area contributed by atoms with Gasteiger partial charge in [0.15, 0.2) is 0 Å². The Morgan fingerprint density at radius 2 is 0.417 bits per heavy atom. The number of alkyl halides is 22. The summed E-state index contributed by atoms with van der Waals surface area (Å²) in [4.78, 5) is 0. The monoisotopic (exact) mass is 600 g/mol. The van der Waals surface area contributed by atoms with Gasteiger partial charge in [-0.15, -0.1) is 0 Å². The van der Waals surface area contributed by atoms with Crippen LogP contribution >= 0.6 is 0 Å². The van der Waals surface area contributed by atoms with Crippen LogP contribution in [0.15, 0.2) is 11.7 Å². The van der Waals surface area contributed by atoms with Crippen LogP contribution in [0, 0.1) is 0 Å². The number of halogens is 24. The van der Waals surface area contributed by atoms with Crippen LogP contribution in [-0.4, -0.2) is 59.7 Å². The first kappa shape index (κ1) is 34.1. The quantitative estimate of drug-likeness (QED) is 0.246. The van der Waals surface area contributed by atoms with Gasteiger partial charge in [-0.1, -0.05) is 0 Å². The molecule has 0 aromatic rings. The molecule has 0 saturated carbocycles. The number of hydrogen-bond acceptors (Lipinski definition) is 0. The molecule has 0 unspecified atom stereocenters. The molecule has 24 heteroatoms. The maximum Gasteiger partial charge on any atom is 0.460 e. The molecule has 0 aliphatic heterocycles. The third kappa shape index (κ3) is 4.18. The zero-order valence-corrected chi connectivity index (χ0v) is 15.1. The van der Waals surface area contributed by atoms with E-state index in [4.69, 9.17) is 0 Å². The Kier molecular flexibility index (Phi) is 7.83. The third-order valence-corrected chi connectivity index (χ3v) is 3.82. The zero-order valence-electron chi connectivity index (χ0n) is 15.1. The minimum Gasteiger partial charge on any atom is -0.202 e. The lowest BCUT2D eigenvalue weighted by molar-refractivity contribution is -0.438. The van der Waals surface area contributed by atoms with Crippen LogP contribution in [0.4, 0.5) is 105 Å². The van der Waals surface area contributed by atoms with Crippen LogP contribution < -0.4 is 0 Å². The van der Waals surface area contributed by atoms with Crippen molar-refractivity contribution in [3.8, 4) is 0 Å². The van der Waals surface area contributed by atoms with E-state index in [1.54, 1.807) is 0 Å². The van der Waals surface area contributed by atoms with Crippen LogP contribution in [0.2, 0.25) is 0 Å². The summed E-state index contributed by atoms with van der Waals surface area (Å²) < 4.78 is 305. The second-order valence-corrected chi connectivity index (χ2v) is 6.22. The van der Waals surface area contributed by atoms with Gasteiger partial charge >= 0.3 is 59.7 Å². The lowest BCUT2D eigenvalue weighted by Gasteiger charge is -2.39. The van der Waals surface area contributed by atoms with E-state index in [2.05, 4.69) is 0 Å². The highest BCUT2D eigenvalue weighted by Crippen LogP contribution is 2.63. The van der Waals surface area contributed by atoms with Crippen molar-refractivity contribution in [2.75, 3.05) is 0 Å². The van der Waals surface area contributed by atoms with Crippen molar-refractivity contribution < 1.29 is 105 Å². The van der Waals surface area contributed by atoms with Crippen molar-refractivity contribution in [3.63, 3.8) is 0 Å². The number of rotatable bonds is 8. The maximum atomic E-state index is 13.3. The summed E-state index contributed by atoms with van der Waals surface area (Å²) in [6, 6.07) is 0. The molecule has 216 valence electrons. The van der Waals surface area contributed by atoms with Gasteiger partial charge in [0.25, 0.3) is 0 Å². The molecule has 0 amide bonds. The SMILES string of the molecule is FC(=C(F)C(F)(F)C(F)(F)C(F)(F)C(F)(F)C(F)(F)C(F)(F)F)C(F)(F)C(F)(F)C(F)(F)C(F)(F)F. The molecule has 0 bridgehead atoms. The van der Waals surface area contributed by atoms with Crippen molar-refractivity contribution in [3.05, 3.63) is 11.7 Å². The largest absolute Gasteiger partial charge is 0.460 e.